The van der Waals surface area contributed by atoms with E-state index in [1.165, 1.54) is 12.8 Å². The number of carbonyl (C=O) groups is 2. The van der Waals surface area contributed by atoms with Crippen LogP contribution in [0, 0.1) is 17.3 Å². The fourth-order valence-electron chi connectivity index (χ4n) is 2.78. The van der Waals surface area contributed by atoms with E-state index in [1.807, 2.05) is 0 Å². The van der Waals surface area contributed by atoms with Crippen LogP contribution in [-0.4, -0.2) is 11.8 Å². The monoisotopic (exact) mass is 209 g/mol. The third-order valence-electron chi connectivity index (χ3n) is 3.96. The summed E-state index contributed by atoms with van der Waals surface area (Å²) in [6.07, 6.45) is 4.96. The molecule has 84 valence electrons. The summed E-state index contributed by atoms with van der Waals surface area (Å²) in [7, 11) is 0. The fraction of sp³-hybridized carbons (Fsp3) is 0.833. The lowest BCUT2D eigenvalue weighted by Crippen LogP contribution is -2.30. The Bertz CT molecular complexity index is 286. The Labute approximate surface area is 90.6 Å². The molecule has 0 spiro atoms. The zero-order valence-corrected chi connectivity index (χ0v) is 9.51. The summed E-state index contributed by atoms with van der Waals surface area (Å²) < 4.78 is 0. The van der Waals surface area contributed by atoms with E-state index in [2.05, 4.69) is 19.2 Å². The van der Waals surface area contributed by atoms with Gasteiger partial charge in [-0.15, -0.1) is 0 Å². The van der Waals surface area contributed by atoms with Gasteiger partial charge in [0.25, 0.3) is 0 Å². The van der Waals surface area contributed by atoms with Gasteiger partial charge in [0.1, 0.15) is 0 Å². The van der Waals surface area contributed by atoms with E-state index >= 15 is 0 Å². The molecule has 2 rings (SSSR count). The number of rotatable bonds is 1. The summed E-state index contributed by atoms with van der Waals surface area (Å²) in [5.41, 5.74) is 0.426. The predicted octanol–water partition coefficient (Wildman–Crippen LogP) is 1.87. The highest BCUT2D eigenvalue weighted by Gasteiger charge is 2.39. The largest absolute Gasteiger partial charge is 0.296 e. The van der Waals surface area contributed by atoms with Gasteiger partial charge in [0, 0.05) is 12.3 Å². The van der Waals surface area contributed by atoms with Gasteiger partial charge in [0.05, 0.1) is 0 Å². The molecule has 0 aromatic heterocycles. The molecule has 1 saturated carbocycles. The lowest BCUT2D eigenvalue weighted by Gasteiger charge is -2.35. The number of hydrogen-bond acceptors (Lipinski definition) is 2. The highest BCUT2D eigenvalue weighted by Crippen LogP contribution is 2.42. The number of nitrogens with one attached hydrogen (secondary N) is 1. The maximum atomic E-state index is 11.5. The molecule has 3 nitrogen and oxygen atoms in total. The van der Waals surface area contributed by atoms with Crippen molar-refractivity contribution in [3.63, 3.8) is 0 Å². The van der Waals surface area contributed by atoms with E-state index in [0.717, 1.165) is 12.8 Å². The molecular formula is C12H19NO2. The van der Waals surface area contributed by atoms with Gasteiger partial charge < -0.3 is 0 Å². The highest BCUT2D eigenvalue weighted by molar-refractivity contribution is 6.03. The third-order valence-corrected chi connectivity index (χ3v) is 3.96. The molecule has 1 aliphatic carbocycles. The van der Waals surface area contributed by atoms with Gasteiger partial charge >= 0.3 is 0 Å². The Morgan fingerprint density at radius 1 is 1.20 bits per heavy atom. The molecule has 2 aliphatic rings. The molecule has 1 saturated heterocycles. The van der Waals surface area contributed by atoms with Crippen LogP contribution in [0.1, 0.15) is 46.0 Å². The van der Waals surface area contributed by atoms with Gasteiger partial charge in [-0.05, 0) is 37.0 Å². The summed E-state index contributed by atoms with van der Waals surface area (Å²) in [4.78, 5) is 22.6. The van der Waals surface area contributed by atoms with Crippen LogP contribution in [0.2, 0.25) is 0 Å². The van der Waals surface area contributed by atoms with Crippen molar-refractivity contribution in [3.8, 4) is 0 Å². The van der Waals surface area contributed by atoms with Crippen molar-refractivity contribution >= 4 is 11.8 Å². The molecule has 0 aromatic carbocycles. The van der Waals surface area contributed by atoms with Crippen LogP contribution in [-0.2, 0) is 9.59 Å². The molecule has 0 aromatic rings. The lowest BCUT2D eigenvalue weighted by atomic mass is 9.69. The second kappa shape index (κ2) is 3.62. The Kier molecular flexibility index (Phi) is 2.57. The van der Waals surface area contributed by atoms with Crippen molar-refractivity contribution in [2.24, 2.45) is 17.3 Å². The summed E-state index contributed by atoms with van der Waals surface area (Å²) in [6, 6.07) is 0. The average molecular weight is 209 g/mol. The minimum atomic E-state index is -0.0881. The molecule has 1 unspecified atom stereocenters. The molecule has 3 heteroatoms. The van der Waals surface area contributed by atoms with Crippen LogP contribution < -0.4 is 5.32 Å². The van der Waals surface area contributed by atoms with Crippen LogP contribution in [0.5, 0.6) is 0 Å². The quantitative estimate of drug-likeness (QED) is 0.670. The number of hydrogen-bond donors (Lipinski definition) is 1. The Morgan fingerprint density at radius 2 is 1.80 bits per heavy atom. The molecule has 0 radical (unpaired) electrons. The average Bonchev–Trinajstić information content (AvgIpc) is 2.45. The first kappa shape index (κ1) is 10.7. The van der Waals surface area contributed by atoms with Gasteiger partial charge in [0.2, 0.25) is 11.8 Å². The maximum Gasteiger partial charge on any atom is 0.230 e. The SMILES string of the molecule is CC1(C)CCC(C2CC(=O)NC2=O)CC1. The molecule has 1 atom stereocenters. The van der Waals surface area contributed by atoms with Gasteiger partial charge in [-0.3, -0.25) is 14.9 Å². The normalized spacial score (nSPS) is 31.7. The zero-order valence-electron chi connectivity index (χ0n) is 9.51. The van der Waals surface area contributed by atoms with Crippen molar-refractivity contribution in [1.82, 2.24) is 5.32 Å². The van der Waals surface area contributed by atoms with E-state index in [0.29, 0.717) is 17.8 Å². The zero-order chi connectivity index (χ0) is 11.1. The van der Waals surface area contributed by atoms with Crippen LogP contribution in [0.4, 0.5) is 0 Å². The number of carbonyl (C=O) groups excluding carboxylic acids is 2. The summed E-state index contributed by atoms with van der Waals surface area (Å²) in [5, 5.41) is 2.41. The molecular weight excluding hydrogens is 190 g/mol. The molecule has 1 aliphatic heterocycles. The van der Waals surface area contributed by atoms with Gasteiger partial charge in [-0.1, -0.05) is 13.8 Å². The summed E-state index contributed by atoms with van der Waals surface area (Å²) in [6.45, 7) is 4.56. The third kappa shape index (κ3) is 2.21. The van der Waals surface area contributed by atoms with E-state index < -0.39 is 0 Å². The molecule has 15 heavy (non-hydrogen) atoms. The van der Waals surface area contributed by atoms with E-state index in [9.17, 15) is 9.59 Å². The standard InChI is InChI=1S/C12H19NO2/c1-12(2)5-3-8(4-6-12)9-7-10(14)13-11(9)15/h8-9H,3-7H2,1-2H3,(H,13,14,15). The topological polar surface area (TPSA) is 46.2 Å². The molecule has 1 N–H and O–H groups in total. The molecule has 2 amide bonds. The lowest BCUT2D eigenvalue weighted by molar-refractivity contribution is -0.126. The smallest absolute Gasteiger partial charge is 0.230 e. The first-order chi connectivity index (χ1) is 6.98. The van der Waals surface area contributed by atoms with Crippen molar-refractivity contribution in [3.05, 3.63) is 0 Å². The highest BCUT2D eigenvalue weighted by atomic mass is 16.2. The van der Waals surface area contributed by atoms with Crippen LogP contribution in [0.25, 0.3) is 0 Å². The van der Waals surface area contributed by atoms with Gasteiger partial charge in [-0.25, -0.2) is 0 Å². The van der Waals surface area contributed by atoms with Crippen LogP contribution >= 0.6 is 0 Å². The first-order valence-corrected chi connectivity index (χ1v) is 5.82. The molecule has 0 bridgehead atoms. The van der Waals surface area contributed by atoms with Crippen LogP contribution in [0.3, 0.4) is 0 Å². The summed E-state index contributed by atoms with van der Waals surface area (Å²) >= 11 is 0. The predicted molar refractivity (Wildman–Crippen MR) is 57.0 cm³/mol. The number of amides is 2. The second-order valence-corrected chi connectivity index (χ2v) is 5.72. The molecule has 1 heterocycles. The van der Waals surface area contributed by atoms with Crippen molar-refractivity contribution < 1.29 is 9.59 Å². The van der Waals surface area contributed by atoms with Crippen molar-refractivity contribution in [2.75, 3.05) is 0 Å². The Hall–Kier alpha value is -0.860. The second-order valence-electron chi connectivity index (χ2n) is 5.72. The van der Waals surface area contributed by atoms with E-state index in [-0.39, 0.29) is 17.7 Å². The summed E-state index contributed by atoms with van der Waals surface area (Å²) in [5.74, 6) is 0.276. The maximum absolute atomic E-state index is 11.5. The van der Waals surface area contributed by atoms with Crippen LogP contribution in [0.15, 0.2) is 0 Å². The fourth-order valence-corrected chi connectivity index (χ4v) is 2.78. The minimum absolute atomic E-state index is 0.0337. The Morgan fingerprint density at radius 3 is 2.27 bits per heavy atom. The van der Waals surface area contributed by atoms with E-state index in [1.54, 1.807) is 0 Å². The Balaban J connectivity index is 1.96. The van der Waals surface area contributed by atoms with Crippen molar-refractivity contribution in [1.29, 1.82) is 0 Å². The number of imide groups is 1. The van der Waals surface area contributed by atoms with Gasteiger partial charge in [-0.2, -0.15) is 0 Å². The minimum Gasteiger partial charge on any atom is -0.296 e. The van der Waals surface area contributed by atoms with Crippen molar-refractivity contribution in [2.45, 2.75) is 46.0 Å². The van der Waals surface area contributed by atoms with E-state index in [4.69, 9.17) is 0 Å². The first-order valence-electron chi connectivity index (χ1n) is 5.82. The molecule has 2 fully saturated rings. The van der Waals surface area contributed by atoms with Gasteiger partial charge in [0.15, 0.2) is 0 Å².